The molecule has 0 aliphatic heterocycles. The quantitative estimate of drug-likeness (QED) is 0.546. The molecule has 0 aromatic rings. The van der Waals surface area contributed by atoms with Crippen molar-refractivity contribution < 1.29 is 24.5 Å². The van der Waals surface area contributed by atoms with E-state index in [2.05, 4.69) is 0 Å². The summed E-state index contributed by atoms with van der Waals surface area (Å²) < 4.78 is 4.88. The molecule has 0 aliphatic rings. The summed E-state index contributed by atoms with van der Waals surface area (Å²) in [6, 6.07) is 0. The van der Waals surface area contributed by atoms with Crippen molar-refractivity contribution in [3.05, 3.63) is 0 Å². The number of esters is 1. The summed E-state index contributed by atoms with van der Waals surface area (Å²) in [5.74, 6) is -1.62. The number of carboxylic acid groups (broad SMARTS) is 1. The molecule has 7 nitrogen and oxygen atoms in total. The Hall–Kier alpha value is -0.890. The molecule has 0 spiro atoms. The zero-order valence-corrected chi connectivity index (χ0v) is 15.2. The third kappa shape index (κ3) is 27.5. The van der Waals surface area contributed by atoms with E-state index in [9.17, 15) is 9.59 Å². The van der Waals surface area contributed by atoms with Crippen LogP contribution in [-0.2, 0) is 14.3 Å². The maximum Gasteiger partial charge on any atom is 0.310 e. The highest BCUT2D eigenvalue weighted by atomic mass is 35.5. The number of ether oxygens (including phenoxy) is 1. The number of hydrogen-bond donors (Lipinski definition) is 4. The van der Waals surface area contributed by atoms with E-state index in [-0.39, 0.29) is 43.0 Å². The van der Waals surface area contributed by atoms with Gasteiger partial charge in [-0.25, -0.2) is 0 Å². The molecule has 0 rings (SSSR count). The van der Waals surface area contributed by atoms with Crippen LogP contribution in [-0.4, -0.2) is 47.4 Å². The van der Waals surface area contributed by atoms with E-state index in [1.54, 1.807) is 27.7 Å². The van der Waals surface area contributed by atoms with Gasteiger partial charge in [0.25, 0.3) is 0 Å². The Morgan fingerprint density at radius 2 is 1.27 bits per heavy atom. The highest BCUT2D eigenvalue weighted by Crippen LogP contribution is 1.98. The minimum Gasteiger partial charge on any atom is -0.481 e. The maximum absolute atomic E-state index is 10.9. The summed E-state index contributed by atoms with van der Waals surface area (Å²) in [6.07, 6.45) is -0.207. The van der Waals surface area contributed by atoms with Gasteiger partial charge < -0.3 is 26.4 Å². The monoisotopic (exact) mass is 344 g/mol. The van der Waals surface area contributed by atoms with Crippen LogP contribution in [0.3, 0.4) is 0 Å². The van der Waals surface area contributed by atoms with E-state index in [0.29, 0.717) is 6.54 Å². The van der Waals surface area contributed by atoms with Crippen molar-refractivity contribution >= 4 is 24.3 Å². The fraction of sp³-hybridized carbons (Fsp3) is 0.857. The number of halogens is 1. The fourth-order valence-electron chi connectivity index (χ4n) is 0.546. The Morgan fingerprint density at radius 1 is 0.955 bits per heavy atom. The van der Waals surface area contributed by atoms with Gasteiger partial charge in [0.1, 0.15) is 0 Å². The lowest BCUT2D eigenvalue weighted by Crippen LogP contribution is -2.25. The van der Waals surface area contributed by atoms with Gasteiger partial charge in [0.05, 0.1) is 17.9 Å². The number of carboxylic acids is 1. The first kappa shape index (κ1) is 29.2. The fourth-order valence-corrected chi connectivity index (χ4v) is 0.546. The second-order valence-electron chi connectivity index (χ2n) is 5.19. The molecule has 0 amide bonds. The third-order valence-electron chi connectivity index (χ3n) is 1.88. The van der Waals surface area contributed by atoms with E-state index in [1.165, 1.54) is 0 Å². The first-order chi connectivity index (χ1) is 9.49. The lowest BCUT2D eigenvalue weighted by Gasteiger charge is -2.11. The van der Waals surface area contributed by atoms with Crippen molar-refractivity contribution in [2.24, 2.45) is 23.3 Å². The van der Waals surface area contributed by atoms with E-state index >= 15 is 0 Å². The Morgan fingerprint density at radius 3 is 1.41 bits per heavy atom. The zero-order valence-electron chi connectivity index (χ0n) is 14.4. The van der Waals surface area contributed by atoms with Crippen molar-refractivity contribution in [1.82, 2.24) is 0 Å². The van der Waals surface area contributed by atoms with Crippen LogP contribution in [0.4, 0.5) is 0 Å². The van der Waals surface area contributed by atoms with Crippen LogP contribution in [0.2, 0.25) is 0 Å². The summed E-state index contributed by atoms with van der Waals surface area (Å²) >= 11 is 0. The van der Waals surface area contributed by atoms with Crippen molar-refractivity contribution in [3.8, 4) is 0 Å². The van der Waals surface area contributed by atoms with E-state index in [0.717, 1.165) is 0 Å². The average Bonchev–Trinajstić information content (AvgIpc) is 2.35. The first-order valence-electron chi connectivity index (χ1n) is 7.00. The molecule has 0 saturated carbocycles. The van der Waals surface area contributed by atoms with Gasteiger partial charge in [-0.15, -0.1) is 12.4 Å². The molecule has 0 aromatic carbocycles. The highest BCUT2D eigenvalue weighted by Gasteiger charge is 2.12. The normalized spacial score (nSPS) is 12.0. The van der Waals surface area contributed by atoms with Crippen molar-refractivity contribution in [2.75, 3.05) is 13.1 Å². The number of aliphatic hydroxyl groups excluding tert-OH is 1. The molecule has 0 bridgehead atoms. The Labute approximate surface area is 139 Å². The Balaban J connectivity index is -0.000000118. The van der Waals surface area contributed by atoms with Gasteiger partial charge in [-0.2, -0.15) is 0 Å². The Bertz CT molecular complexity index is 273. The molecule has 136 valence electrons. The molecule has 8 heteroatoms. The van der Waals surface area contributed by atoms with Crippen molar-refractivity contribution in [3.63, 3.8) is 0 Å². The van der Waals surface area contributed by atoms with Gasteiger partial charge in [-0.3, -0.25) is 9.59 Å². The van der Waals surface area contributed by atoms with Gasteiger partial charge in [0.15, 0.2) is 0 Å². The standard InChI is InChI=1S/C7H15NO2.C4H9NO2.C3H8O.ClH/c1-5(2)10-7(9)6(3)4-8;1-3(2-5)4(6)7;1-3(2)4;/h5-6H,4,8H2,1-3H3;3H,2,5H2,1H3,(H,6,7);3-4H,1-2H3;1H/t6-;3-;;/m00../s1. The minimum absolute atomic E-state index is 0. The van der Waals surface area contributed by atoms with Crippen LogP contribution in [0.1, 0.15) is 41.5 Å². The summed E-state index contributed by atoms with van der Waals surface area (Å²) in [5.41, 5.74) is 10.2. The lowest BCUT2D eigenvalue weighted by molar-refractivity contribution is -0.151. The molecule has 6 N–H and O–H groups in total. The van der Waals surface area contributed by atoms with E-state index < -0.39 is 11.9 Å². The van der Waals surface area contributed by atoms with Crippen LogP contribution in [0.25, 0.3) is 0 Å². The highest BCUT2D eigenvalue weighted by molar-refractivity contribution is 5.85. The second kappa shape index (κ2) is 18.2. The van der Waals surface area contributed by atoms with Gasteiger partial charge in [-0.1, -0.05) is 13.8 Å². The Kier molecular flexibility index (Phi) is 24.1. The van der Waals surface area contributed by atoms with Crippen molar-refractivity contribution in [2.45, 2.75) is 53.8 Å². The summed E-state index contributed by atoms with van der Waals surface area (Å²) in [6.45, 7) is 11.0. The summed E-state index contributed by atoms with van der Waals surface area (Å²) in [4.78, 5) is 20.7. The smallest absolute Gasteiger partial charge is 0.310 e. The number of aliphatic hydroxyl groups is 1. The minimum atomic E-state index is -0.831. The summed E-state index contributed by atoms with van der Waals surface area (Å²) in [7, 11) is 0. The van der Waals surface area contributed by atoms with E-state index in [4.69, 9.17) is 26.4 Å². The number of carbonyl (C=O) groups excluding carboxylic acids is 1. The van der Waals surface area contributed by atoms with E-state index in [1.807, 2.05) is 13.8 Å². The second-order valence-corrected chi connectivity index (χ2v) is 5.19. The molecule has 0 unspecified atom stereocenters. The van der Waals surface area contributed by atoms with Gasteiger partial charge in [-0.05, 0) is 27.7 Å². The molecule has 22 heavy (non-hydrogen) atoms. The molecule has 2 atom stereocenters. The first-order valence-corrected chi connectivity index (χ1v) is 7.00. The van der Waals surface area contributed by atoms with Gasteiger partial charge >= 0.3 is 11.9 Å². The zero-order chi connectivity index (χ0) is 17.6. The van der Waals surface area contributed by atoms with Crippen LogP contribution < -0.4 is 11.5 Å². The van der Waals surface area contributed by atoms with Crippen molar-refractivity contribution in [1.29, 1.82) is 0 Å². The average molecular weight is 345 g/mol. The number of carbonyl (C=O) groups is 2. The van der Waals surface area contributed by atoms with Gasteiger partial charge in [0.2, 0.25) is 0 Å². The molecular weight excluding hydrogens is 312 g/mol. The lowest BCUT2D eigenvalue weighted by atomic mass is 10.2. The third-order valence-corrected chi connectivity index (χ3v) is 1.88. The van der Waals surface area contributed by atoms with Crippen LogP contribution in [0.5, 0.6) is 0 Å². The molecule has 0 saturated heterocycles. The molecule has 0 heterocycles. The number of rotatable bonds is 5. The SMILES string of the molecule is CC(C)O.CC(C)OC(=O)[C@@H](C)CN.C[C@@H](CN)C(=O)O.Cl. The predicted molar refractivity (Wildman–Crippen MR) is 89.9 cm³/mol. The van der Waals surface area contributed by atoms with Crippen LogP contribution >= 0.6 is 12.4 Å². The molecule has 0 aliphatic carbocycles. The van der Waals surface area contributed by atoms with Crippen LogP contribution in [0.15, 0.2) is 0 Å². The van der Waals surface area contributed by atoms with Crippen LogP contribution in [0, 0.1) is 11.8 Å². The summed E-state index contributed by atoms with van der Waals surface area (Å²) in [5, 5.41) is 16.2. The number of hydrogen-bond acceptors (Lipinski definition) is 6. The maximum atomic E-state index is 10.9. The topological polar surface area (TPSA) is 136 Å². The molecule has 0 fully saturated rings. The molecule has 0 radical (unpaired) electrons. The number of aliphatic carboxylic acids is 1. The molecule has 0 aromatic heterocycles. The molecular formula is C14H33ClN2O5. The predicted octanol–water partition coefficient (Wildman–Crippen LogP) is 1.01. The largest absolute Gasteiger partial charge is 0.481 e. The van der Waals surface area contributed by atoms with Gasteiger partial charge in [0, 0.05) is 19.2 Å². The number of nitrogens with two attached hydrogens (primary N) is 2.